The molecular formula is C32H40ClN7O6S. The number of rotatable bonds is 6. The van der Waals surface area contributed by atoms with Gasteiger partial charge in [0.05, 0.1) is 36.7 Å². The van der Waals surface area contributed by atoms with E-state index in [0.29, 0.717) is 57.1 Å². The number of thiophene rings is 1. The first kappa shape index (κ1) is 33.0. The van der Waals surface area contributed by atoms with Gasteiger partial charge in [0, 0.05) is 63.5 Å². The highest BCUT2D eigenvalue weighted by Crippen LogP contribution is 2.40. The number of pyridine rings is 1. The van der Waals surface area contributed by atoms with Gasteiger partial charge in [-0.3, -0.25) is 14.5 Å². The van der Waals surface area contributed by atoms with Gasteiger partial charge in [-0.2, -0.15) is 0 Å². The van der Waals surface area contributed by atoms with E-state index >= 15 is 0 Å². The van der Waals surface area contributed by atoms with Gasteiger partial charge in [-0.25, -0.2) is 14.8 Å². The summed E-state index contributed by atoms with van der Waals surface area (Å²) in [4.78, 5) is 57.0. The van der Waals surface area contributed by atoms with E-state index in [4.69, 9.17) is 30.8 Å². The Bertz CT molecular complexity index is 1660. The third-order valence-corrected chi connectivity index (χ3v) is 9.50. The summed E-state index contributed by atoms with van der Waals surface area (Å²) in [5.41, 5.74) is 1.71. The lowest BCUT2D eigenvalue weighted by Gasteiger charge is -2.37. The molecule has 3 aromatic heterocycles. The molecule has 13 nitrogen and oxygen atoms in total. The molecule has 1 fully saturated rings. The molecule has 3 amide bonds. The van der Waals surface area contributed by atoms with Crippen LogP contribution in [0, 0.1) is 0 Å². The van der Waals surface area contributed by atoms with Crippen LogP contribution in [0.2, 0.25) is 5.15 Å². The van der Waals surface area contributed by atoms with Gasteiger partial charge in [0.1, 0.15) is 23.3 Å². The zero-order valence-corrected chi connectivity index (χ0v) is 28.9. The van der Waals surface area contributed by atoms with Crippen LogP contribution in [0.5, 0.6) is 5.75 Å². The van der Waals surface area contributed by atoms with Crippen molar-refractivity contribution in [3.63, 3.8) is 0 Å². The van der Waals surface area contributed by atoms with Gasteiger partial charge >= 0.3 is 6.09 Å². The van der Waals surface area contributed by atoms with E-state index in [1.54, 1.807) is 30.0 Å². The van der Waals surface area contributed by atoms with Crippen LogP contribution >= 0.6 is 22.9 Å². The number of hydrogen-bond acceptors (Lipinski definition) is 10. The molecule has 0 saturated carbocycles. The predicted molar refractivity (Wildman–Crippen MR) is 176 cm³/mol. The Kier molecular flexibility index (Phi) is 9.36. The molecule has 47 heavy (non-hydrogen) atoms. The van der Waals surface area contributed by atoms with Crippen molar-refractivity contribution in [2.45, 2.75) is 51.9 Å². The number of aromatic nitrogens is 3. The molecular weight excluding hydrogens is 646 g/mol. The Morgan fingerprint density at radius 2 is 1.85 bits per heavy atom. The lowest BCUT2D eigenvalue weighted by atomic mass is 10.00. The largest absolute Gasteiger partial charge is 0.481 e. The summed E-state index contributed by atoms with van der Waals surface area (Å²) >= 11 is 7.93. The molecule has 0 bridgehead atoms. The summed E-state index contributed by atoms with van der Waals surface area (Å²) in [5.74, 6) is 1.45. The molecule has 1 atom stereocenters. The maximum absolute atomic E-state index is 13.9. The van der Waals surface area contributed by atoms with Gasteiger partial charge in [0.25, 0.3) is 11.8 Å². The molecule has 0 radical (unpaired) electrons. The van der Waals surface area contributed by atoms with Gasteiger partial charge in [0.2, 0.25) is 0 Å². The van der Waals surface area contributed by atoms with E-state index in [1.807, 2.05) is 38.3 Å². The fourth-order valence-electron chi connectivity index (χ4n) is 6.02. The number of imidazole rings is 1. The molecule has 252 valence electrons. The number of ether oxygens (including phenoxy) is 3. The second-order valence-electron chi connectivity index (χ2n) is 12.9. The van der Waals surface area contributed by atoms with E-state index in [2.05, 4.69) is 14.5 Å². The Balaban J connectivity index is 1.26. The highest BCUT2D eigenvalue weighted by Gasteiger charge is 2.40. The third kappa shape index (κ3) is 7.04. The van der Waals surface area contributed by atoms with Crippen LogP contribution in [0.1, 0.15) is 59.3 Å². The second kappa shape index (κ2) is 13.3. The first-order valence-corrected chi connectivity index (χ1v) is 16.9. The van der Waals surface area contributed by atoms with E-state index in [0.717, 1.165) is 41.0 Å². The molecule has 0 aromatic carbocycles. The van der Waals surface area contributed by atoms with Crippen LogP contribution in [-0.4, -0.2) is 113 Å². The fraction of sp³-hybridized carbons (Fsp3) is 0.531. The maximum Gasteiger partial charge on any atom is 0.410 e. The quantitative estimate of drug-likeness (QED) is 0.356. The van der Waals surface area contributed by atoms with Gasteiger partial charge in [-0.05, 0) is 39.0 Å². The summed E-state index contributed by atoms with van der Waals surface area (Å²) in [6, 6.07) is 4.94. The predicted octanol–water partition coefficient (Wildman–Crippen LogP) is 3.84. The first-order chi connectivity index (χ1) is 22.4. The van der Waals surface area contributed by atoms with Crippen molar-refractivity contribution in [2.24, 2.45) is 0 Å². The summed E-state index contributed by atoms with van der Waals surface area (Å²) in [6.45, 7) is 9.63. The van der Waals surface area contributed by atoms with E-state index in [-0.39, 0.29) is 29.7 Å². The number of halogens is 1. The van der Waals surface area contributed by atoms with E-state index in [9.17, 15) is 14.4 Å². The molecule has 6 rings (SSSR count). The highest BCUT2D eigenvalue weighted by molar-refractivity contribution is 7.10. The van der Waals surface area contributed by atoms with Gasteiger partial charge in [0.15, 0.2) is 17.5 Å². The minimum absolute atomic E-state index is 0.115. The van der Waals surface area contributed by atoms with Crippen LogP contribution < -0.4 is 9.64 Å². The van der Waals surface area contributed by atoms with Crippen molar-refractivity contribution >= 4 is 46.7 Å². The standard InChI is InChI=1S/C32H40ClN7O6S/c1-32(2,3)46-31(43)38-10-11-39-25(17-38)34-21-8-9-40(28(27(21)39)23-16-20(19-47-23)30(42)36(4)5)26(41)18-45-22-6-7-24(35-29(22)33)37-12-14-44-15-13-37/h6-7,16,19,28H,8-15,17-18H2,1-5H3. The molecule has 3 aromatic rings. The van der Waals surface area contributed by atoms with Crippen molar-refractivity contribution in [1.82, 2.24) is 29.2 Å². The maximum atomic E-state index is 13.9. The molecule has 0 N–H and O–H groups in total. The Hall–Kier alpha value is -3.88. The smallest absolute Gasteiger partial charge is 0.410 e. The second-order valence-corrected chi connectivity index (χ2v) is 14.2. The molecule has 1 unspecified atom stereocenters. The fourth-order valence-corrected chi connectivity index (χ4v) is 7.22. The van der Waals surface area contributed by atoms with Crippen molar-refractivity contribution in [3.8, 4) is 5.75 Å². The SMILES string of the molecule is CN(C)C(=O)c1csc(C2c3c(nc4n3CCN(C(=O)OC(C)(C)C)C4)CCN2C(=O)COc2ccc(N3CCOCC3)nc2Cl)c1. The number of carbonyl (C=O) groups excluding carboxylic acids is 3. The topological polar surface area (TPSA) is 123 Å². The molecule has 3 aliphatic heterocycles. The number of nitrogens with zero attached hydrogens (tertiary/aromatic N) is 7. The highest BCUT2D eigenvalue weighted by atomic mass is 35.5. The summed E-state index contributed by atoms with van der Waals surface area (Å²) in [5, 5.41) is 2.01. The third-order valence-electron chi connectivity index (χ3n) is 8.25. The van der Waals surface area contributed by atoms with Gasteiger partial charge in [-0.1, -0.05) is 11.6 Å². The van der Waals surface area contributed by atoms with Crippen LogP contribution in [0.15, 0.2) is 23.6 Å². The molecule has 6 heterocycles. The van der Waals surface area contributed by atoms with E-state index in [1.165, 1.54) is 16.2 Å². The Morgan fingerprint density at radius 3 is 2.55 bits per heavy atom. The summed E-state index contributed by atoms with van der Waals surface area (Å²) in [6.07, 6.45) is 0.154. The minimum Gasteiger partial charge on any atom is -0.481 e. The number of morpholine rings is 1. The van der Waals surface area contributed by atoms with Crippen LogP contribution in [0.25, 0.3) is 0 Å². The zero-order valence-electron chi connectivity index (χ0n) is 27.3. The minimum atomic E-state index is -0.608. The number of fused-ring (bicyclic) bond motifs is 3. The lowest BCUT2D eigenvalue weighted by molar-refractivity contribution is -0.135. The van der Waals surface area contributed by atoms with Crippen LogP contribution in [0.4, 0.5) is 10.6 Å². The molecule has 1 saturated heterocycles. The number of anilines is 1. The Labute approximate surface area is 282 Å². The average Bonchev–Trinajstić information content (AvgIpc) is 3.67. The van der Waals surface area contributed by atoms with Crippen LogP contribution in [-0.2, 0) is 33.8 Å². The molecule has 3 aliphatic rings. The summed E-state index contributed by atoms with van der Waals surface area (Å²) < 4.78 is 19.1. The summed E-state index contributed by atoms with van der Waals surface area (Å²) in [7, 11) is 3.42. The van der Waals surface area contributed by atoms with Crippen molar-refractivity contribution < 1.29 is 28.6 Å². The number of amides is 3. The normalized spacial score (nSPS) is 18.0. The van der Waals surface area contributed by atoms with E-state index < -0.39 is 11.6 Å². The van der Waals surface area contributed by atoms with Gasteiger partial charge < -0.3 is 33.5 Å². The molecule has 15 heteroatoms. The first-order valence-electron chi connectivity index (χ1n) is 15.7. The van der Waals surface area contributed by atoms with Crippen molar-refractivity contribution in [1.29, 1.82) is 0 Å². The Morgan fingerprint density at radius 1 is 1.09 bits per heavy atom. The zero-order chi connectivity index (χ0) is 33.5. The van der Waals surface area contributed by atoms with Crippen LogP contribution in [0.3, 0.4) is 0 Å². The van der Waals surface area contributed by atoms with Crippen molar-refractivity contribution in [3.05, 3.63) is 56.4 Å². The number of hydrogen-bond donors (Lipinski definition) is 0. The van der Waals surface area contributed by atoms with Gasteiger partial charge in [-0.15, -0.1) is 11.3 Å². The number of carbonyl (C=O) groups is 3. The lowest BCUT2D eigenvalue weighted by Crippen LogP contribution is -2.45. The monoisotopic (exact) mass is 685 g/mol. The van der Waals surface area contributed by atoms with Crippen molar-refractivity contribution in [2.75, 3.05) is 65.0 Å². The molecule has 0 spiro atoms. The average molecular weight is 686 g/mol. The molecule has 0 aliphatic carbocycles.